The molecule has 1 aliphatic carbocycles. The van der Waals surface area contributed by atoms with Crippen LogP contribution in [-0.4, -0.2) is 17.0 Å². The molecule has 0 saturated heterocycles. The van der Waals surface area contributed by atoms with Crippen molar-refractivity contribution in [2.45, 2.75) is 12.0 Å². The Labute approximate surface area is 268 Å². The molecular weight excluding hydrogens is 558 g/mol. The van der Waals surface area contributed by atoms with Crippen LogP contribution in [0.25, 0.3) is 49.2 Å². The summed E-state index contributed by atoms with van der Waals surface area (Å²) in [7, 11) is 2.38. The number of allylic oxidation sites excluding steroid dienone is 2. The summed E-state index contributed by atoms with van der Waals surface area (Å²) in [5, 5.41) is 4.97. The Bertz CT molecular complexity index is 2410. The van der Waals surface area contributed by atoms with E-state index in [-0.39, 0.29) is 0 Å². The van der Waals surface area contributed by atoms with Crippen molar-refractivity contribution >= 4 is 60.6 Å². The van der Waals surface area contributed by atoms with Crippen molar-refractivity contribution in [3.63, 3.8) is 0 Å². The lowest BCUT2D eigenvalue weighted by atomic mass is 9.76. The van der Waals surface area contributed by atoms with E-state index in [2.05, 4.69) is 181 Å². The minimum atomic E-state index is -0.449. The number of para-hydroxylation sites is 4. The average molecular weight is 593 g/mol. The summed E-state index contributed by atoms with van der Waals surface area (Å²) in [5.74, 6) is 0. The molecule has 0 bridgehead atoms. The highest BCUT2D eigenvalue weighted by Gasteiger charge is 2.52. The average Bonchev–Trinajstić information content (AvgIpc) is 3.68. The normalized spacial score (nSPS) is 16.8. The number of benzene rings is 6. The molecule has 0 fully saturated rings. The van der Waals surface area contributed by atoms with Gasteiger partial charge in [0.1, 0.15) is 11.4 Å². The zero-order valence-electron chi connectivity index (χ0n) is 25.7. The van der Waals surface area contributed by atoms with Crippen LogP contribution in [0.5, 0.6) is 0 Å². The summed E-state index contributed by atoms with van der Waals surface area (Å²) in [6, 6.07) is 52.8. The molecular formula is C43H34N3+. The number of aromatic nitrogens is 2. The molecule has 220 valence electrons. The number of aromatic amines is 2. The number of nitrogens with zero attached hydrogens (tertiary/aromatic N) is 1. The van der Waals surface area contributed by atoms with E-state index in [9.17, 15) is 0 Å². The topological polar surface area (TPSA) is 31.6 Å². The van der Waals surface area contributed by atoms with Gasteiger partial charge in [-0.2, -0.15) is 0 Å². The van der Waals surface area contributed by atoms with E-state index in [1.807, 2.05) is 0 Å². The molecule has 6 aromatic carbocycles. The van der Waals surface area contributed by atoms with E-state index in [1.54, 1.807) is 0 Å². The Balaban J connectivity index is 1.34. The zero-order chi connectivity index (χ0) is 30.7. The van der Waals surface area contributed by atoms with Crippen molar-refractivity contribution in [3.05, 3.63) is 175 Å². The maximum Gasteiger partial charge on any atom is 0.158 e. The van der Waals surface area contributed by atoms with Gasteiger partial charge in [-0.3, -0.25) is 0 Å². The maximum atomic E-state index is 3.95. The van der Waals surface area contributed by atoms with Gasteiger partial charge in [0.25, 0.3) is 0 Å². The summed E-state index contributed by atoms with van der Waals surface area (Å²) >= 11 is 0. The van der Waals surface area contributed by atoms with Crippen molar-refractivity contribution in [2.75, 3.05) is 7.05 Å². The number of nitrogens with one attached hydrogen (secondary N) is 2. The van der Waals surface area contributed by atoms with Gasteiger partial charge in [0, 0.05) is 50.1 Å². The molecule has 0 radical (unpaired) electrons. The largest absolute Gasteiger partial charge is 0.354 e. The Morgan fingerprint density at radius 2 is 1.13 bits per heavy atom. The molecule has 1 atom stereocenters. The van der Waals surface area contributed by atoms with E-state index in [4.69, 9.17) is 0 Å². The maximum absolute atomic E-state index is 3.95. The quantitative estimate of drug-likeness (QED) is 0.186. The number of fused-ring (bicyclic) bond motifs is 6. The second-order valence-electron chi connectivity index (χ2n) is 12.6. The van der Waals surface area contributed by atoms with Gasteiger partial charge in [-0.05, 0) is 59.7 Å². The van der Waals surface area contributed by atoms with E-state index in [0.29, 0.717) is 4.48 Å². The highest BCUT2D eigenvalue weighted by Crippen LogP contribution is 2.53. The third kappa shape index (κ3) is 3.82. The third-order valence-corrected chi connectivity index (χ3v) is 10.3. The molecule has 46 heavy (non-hydrogen) atoms. The van der Waals surface area contributed by atoms with Crippen LogP contribution in [0.2, 0.25) is 0 Å². The predicted octanol–water partition coefficient (Wildman–Crippen LogP) is 11.2. The number of H-pyrrole nitrogens is 2. The zero-order valence-corrected chi connectivity index (χ0v) is 25.7. The lowest BCUT2D eigenvalue weighted by Gasteiger charge is -2.50. The Morgan fingerprint density at radius 1 is 0.543 bits per heavy atom. The summed E-state index contributed by atoms with van der Waals surface area (Å²) in [6.07, 6.45) is 8.09. The second-order valence-corrected chi connectivity index (χ2v) is 12.6. The molecule has 1 aliphatic rings. The first kappa shape index (κ1) is 26.7. The molecule has 9 rings (SSSR count). The van der Waals surface area contributed by atoms with Crippen LogP contribution in [0.1, 0.15) is 17.5 Å². The predicted molar refractivity (Wildman–Crippen MR) is 195 cm³/mol. The van der Waals surface area contributed by atoms with Crippen molar-refractivity contribution in [1.29, 1.82) is 0 Å². The lowest BCUT2D eigenvalue weighted by molar-refractivity contribution is 0.252. The molecule has 2 aromatic heterocycles. The monoisotopic (exact) mass is 592 g/mol. The Kier molecular flexibility index (Phi) is 5.93. The van der Waals surface area contributed by atoms with Gasteiger partial charge in [-0.15, -0.1) is 0 Å². The molecule has 0 aliphatic heterocycles. The fourth-order valence-corrected chi connectivity index (χ4v) is 7.94. The summed E-state index contributed by atoms with van der Waals surface area (Å²) in [4.78, 5) is 7.62. The molecule has 8 aromatic rings. The highest BCUT2D eigenvalue weighted by molar-refractivity contribution is 6.17. The highest BCUT2D eigenvalue weighted by atomic mass is 15.4. The van der Waals surface area contributed by atoms with E-state index in [0.717, 1.165) is 17.5 Å². The van der Waals surface area contributed by atoms with Crippen molar-refractivity contribution in [2.24, 2.45) is 0 Å². The number of likely N-dealkylation sites (N-methyl/N-ethyl adjacent to an activating group) is 1. The smallest absolute Gasteiger partial charge is 0.158 e. The Hall–Kier alpha value is -5.64. The molecule has 3 heteroatoms. The van der Waals surface area contributed by atoms with Gasteiger partial charge in [0.05, 0.1) is 12.6 Å². The van der Waals surface area contributed by atoms with Gasteiger partial charge in [-0.25, -0.2) is 4.48 Å². The molecule has 2 N–H and O–H groups in total. The minimum absolute atomic E-state index is 0.449. The first-order valence-electron chi connectivity index (χ1n) is 16.0. The SMILES string of the molecule is C[N+](c1ccccc1)(c1ccccc1)C1(c2cccc3c2[nH]c2cc4c(cc23)[nH]c2ccccc24)C=CC(c2ccccc2)=CC1. The fourth-order valence-electron chi connectivity index (χ4n) is 7.94. The van der Waals surface area contributed by atoms with Crippen LogP contribution in [0.15, 0.2) is 164 Å². The van der Waals surface area contributed by atoms with Crippen LogP contribution < -0.4 is 4.48 Å². The van der Waals surface area contributed by atoms with Crippen molar-refractivity contribution in [1.82, 2.24) is 14.5 Å². The number of quaternary nitrogens is 1. The van der Waals surface area contributed by atoms with Gasteiger partial charge in [-0.1, -0.05) is 115 Å². The van der Waals surface area contributed by atoms with E-state index in [1.165, 1.54) is 60.7 Å². The number of hydrogen-bond donors (Lipinski definition) is 2. The van der Waals surface area contributed by atoms with Gasteiger partial charge in [0.2, 0.25) is 0 Å². The summed E-state index contributed by atoms with van der Waals surface area (Å²) in [6.45, 7) is 0. The molecule has 0 saturated carbocycles. The molecule has 0 spiro atoms. The van der Waals surface area contributed by atoms with Gasteiger partial charge >= 0.3 is 0 Å². The standard InChI is InChI=1S/C43H34N3/c1-46(32-16-7-3-8-17-32,33-18-9-4-10-19-33)43(26-24-31(25-27-43)30-14-5-2-6-15-30)38-22-13-21-35-37-29-40-36(28-41(37)45-42(35)38)34-20-11-12-23-39(34)44-40/h2-26,28-29,44-45H,27H2,1H3/q+1. The van der Waals surface area contributed by atoms with Crippen LogP contribution in [0.4, 0.5) is 11.4 Å². The van der Waals surface area contributed by atoms with E-state index >= 15 is 0 Å². The molecule has 0 amide bonds. The summed E-state index contributed by atoms with van der Waals surface area (Å²) < 4.78 is 0.587. The lowest BCUT2D eigenvalue weighted by Crippen LogP contribution is -2.57. The van der Waals surface area contributed by atoms with Gasteiger partial charge in [0.15, 0.2) is 5.54 Å². The van der Waals surface area contributed by atoms with Crippen LogP contribution in [-0.2, 0) is 5.54 Å². The molecule has 2 heterocycles. The Morgan fingerprint density at radius 3 is 1.80 bits per heavy atom. The van der Waals surface area contributed by atoms with Crippen molar-refractivity contribution < 1.29 is 0 Å². The van der Waals surface area contributed by atoms with Crippen LogP contribution >= 0.6 is 0 Å². The fraction of sp³-hybridized carbons (Fsp3) is 0.0698. The number of rotatable bonds is 5. The van der Waals surface area contributed by atoms with Crippen LogP contribution in [0.3, 0.4) is 0 Å². The molecule has 1 unspecified atom stereocenters. The number of hydrogen-bond acceptors (Lipinski definition) is 0. The third-order valence-electron chi connectivity index (χ3n) is 10.3. The first-order chi connectivity index (χ1) is 22.7. The summed E-state index contributed by atoms with van der Waals surface area (Å²) in [5.41, 5.74) is 10.5. The van der Waals surface area contributed by atoms with E-state index < -0.39 is 5.54 Å². The first-order valence-corrected chi connectivity index (χ1v) is 16.0. The minimum Gasteiger partial charge on any atom is -0.354 e. The second kappa shape index (κ2) is 10.2. The van der Waals surface area contributed by atoms with Crippen LogP contribution in [0, 0.1) is 0 Å². The van der Waals surface area contributed by atoms with Crippen molar-refractivity contribution in [3.8, 4) is 0 Å². The molecule has 3 nitrogen and oxygen atoms in total. The van der Waals surface area contributed by atoms with Gasteiger partial charge < -0.3 is 9.97 Å².